The summed E-state index contributed by atoms with van der Waals surface area (Å²) in [6.07, 6.45) is 0. The van der Waals surface area contributed by atoms with E-state index >= 15 is 4.39 Å². The highest BCUT2D eigenvalue weighted by atomic mass is 19.1. The zero-order valence-corrected chi connectivity index (χ0v) is 22.2. The van der Waals surface area contributed by atoms with Gasteiger partial charge in [-0.3, -0.25) is 25.4 Å². The van der Waals surface area contributed by atoms with Crippen molar-refractivity contribution in [1.29, 1.82) is 10.8 Å². The number of hydrogen-bond acceptors (Lipinski definition) is 7. The van der Waals surface area contributed by atoms with E-state index in [1.54, 1.807) is 19.1 Å². The number of methoxy groups -OCH3 is 1. The fourth-order valence-electron chi connectivity index (χ4n) is 4.32. The summed E-state index contributed by atoms with van der Waals surface area (Å²) in [5.41, 5.74) is 1.42. The number of halogens is 1. The number of likely N-dealkylation sites (N-methyl/N-ethyl adjacent to an activating group) is 2. The largest absolute Gasteiger partial charge is 0.507 e. The Labute approximate surface area is 217 Å². The number of phenols is 1. The van der Waals surface area contributed by atoms with Gasteiger partial charge >= 0.3 is 0 Å². The second kappa shape index (κ2) is 12.2. The molecular formula is C27H37FN6O3. The van der Waals surface area contributed by atoms with E-state index in [1.165, 1.54) is 25.3 Å². The van der Waals surface area contributed by atoms with Gasteiger partial charge in [-0.05, 0) is 49.2 Å². The number of aromatic hydroxyl groups is 1. The molecule has 1 fully saturated rings. The number of carbonyl (C=O) groups excluding carboxylic acids is 1. The number of hydrogen-bond donors (Lipinski definition) is 4. The lowest BCUT2D eigenvalue weighted by Crippen LogP contribution is -2.46. The Balaban J connectivity index is 2.01. The van der Waals surface area contributed by atoms with Crippen LogP contribution in [0.3, 0.4) is 0 Å². The highest BCUT2D eigenvalue weighted by molar-refractivity contribution is 6.48. The van der Waals surface area contributed by atoms with Gasteiger partial charge in [-0.15, -0.1) is 0 Å². The second-order valence-electron chi connectivity index (χ2n) is 9.52. The fraction of sp³-hybridized carbons (Fsp3) is 0.444. The predicted molar refractivity (Wildman–Crippen MR) is 144 cm³/mol. The maximum atomic E-state index is 15.6. The van der Waals surface area contributed by atoms with Crippen molar-refractivity contribution in [2.75, 3.05) is 51.8 Å². The number of nitrogens with one attached hydrogen (secondary N) is 3. The molecule has 0 atom stereocenters. The van der Waals surface area contributed by atoms with Gasteiger partial charge in [-0.2, -0.15) is 0 Å². The molecule has 1 aliphatic rings. The molecule has 1 heterocycles. The second-order valence-corrected chi connectivity index (χ2v) is 9.52. The Morgan fingerprint density at radius 1 is 1.19 bits per heavy atom. The molecule has 3 rings (SSSR count). The SMILES string of the molecule is CCNC(=O)C(=N)N(C(=N)c1cc(C(C)C)c(OC)cc1O)c1ccc(CN2CCN(C)CC2)cc1F. The van der Waals surface area contributed by atoms with Crippen LogP contribution < -0.4 is 15.0 Å². The molecule has 9 nitrogen and oxygen atoms in total. The zero-order chi connectivity index (χ0) is 27.3. The molecule has 1 amide bonds. The minimum absolute atomic E-state index is 0.00369. The third-order valence-corrected chi connectivity index (χ3v) is 6.48. The van der Waals surface area contributed by atoms with Crippen LogP contribution in [0.2, 0.25) is 0 Å². The van der Waals surface area contributed by atoms with E-state index in [0.717, 1.165) is 42.2 Å². The van der Waals surface area contributed by atoms with Gasteiger partial charge in [0.15, 0.2) is 5.84 Å². The first-order chi connectivity index (χ1) is 17.6. The molecule has 0 saturated carbocycles. The monoisotopic (exact) mass is 512 g/mol. The standard InChI is InChI=1S/C27H37FN6O3/c1-6-31-27(36)26(30)34(25(29)20-14-19(17(2)3)24(37-5)15-23(20)35)22-8-7-18(13-21(22)28)16-33-11-9-32(4)10-12-33/h7-8,13-15,17,29-30,35H,6,9-12,16H2,1-5H3,(H,31,36). The number of amidine groups is 2. The Bertz CT molecular complexity index is 1160. The van der Waals surface area contributed by atoms with Crippen molar-refractivity contribution in [1.82, 2.24) is 15.1 Å². The van der Waals surface area contributed by atoms with Gasteiger partial charge < -0.3 is 20.1 Å². The van der Waals surface area contributed by atoms with Crippen LogP contribution in [0.15, 0.2) is 30.3 Å². The van der Waals surface area contributed by atoms with Crippen molar-refractivity contribution >= 4 is 23.3 Å². The van der Waals surface area contributed by atoms with Gasteiger partial charge in [0.1, 0.15) is 23.2 Å². The summed E-state index contributed by atoms with van der Waals surface area (Å²) < 4.78 is 20.9. The van der Waals surface area contributed by atoms with Gasteiger partial charge in [0, 0.05) is 45.3 Å². The molecule has 2 aromatic rings. The number of carbonyl (C=O) groups is 1. The van der Waals surface area contributed by atoms with Crippen LogP contribution in [0, 0.1) is 16.6 Å². The first-order valence-corrected chi connectivity index (χ1v) is 12.4. The predicted octanol–water partition coefficient (Wildman–Crippen LogP) is 3.36. The quantitative estimate of drug-likeness (QED) is 0.334. The minimum Gasteiger partial charge on any atom is -0.507 e. The topological polar surface area (TPSA) is 116 Å². The molecule has 200 valence electrons. The molecule has 0 spiro atoms. The van der Waals surface area contributed by atoms with Crippen LogP contribution in [0.4, 0.5) is 10.1 Å². The molecule has 2 aromatic carbocycles. The number of benzene rings is 2. The molecule has 37 heavy (non-hydrogen) atoms. The van der Waals surface area contributed by atoms with Crippen LogP contribution >= 0.6 is 0 Å². The van der Waals surface area contributed by atoms with E-state index in [-0.39, 0.29) is 29.5 Å². The lowest BCUT2D eigenvalue weighted by molar-refractivity contribution is -0.114. The Hall–Kier alpha value is -3.50. The van der Waals surface area contributed by atoms with Crippen LogP contribution in [0.25, 0.3) is 0 Å². The van der Waals surface area contributed by atoms with Gasteiger partial charge in [0.25, 0.3) is 5.91 Å². The summed E-state index contributed by atoms with van der Waals surface area (Å²) in [6, 6.07) is 7.58. The van der Waals surface area contributed by atoms with Gasteiger partial charge in [-0.25, -0.2) is 4.39 Å². The first-order valence-electron chi connectivity index (χ1n) is 12.4. The molecule has 1 saturated heterocycles. The van der Waals surface area contributed by atoms with E-state index < -0.39 is 23.4 Å². The molecule has 10 heteroatoms. The summed E-state index contributed by atoms with van der Waals surface area (Å²) in [5, 5.41) is 30.7. The van der Waals surface area contributed by atoms with Gasteiger partial charge in [-0.1, -0.05) is 19.9 Å². The molecule has 0 aliphatic carbocycles. The van der Waals surface area contributed by atoms with Crippen LogP contribution in [-0.2, 0) is 11.3 Å². The lowest BCUT2D eigenvalue weighted by Gasteiger charge is -2.32. The maximum Gasteiger partial charge on any atom is 0.287 e. The number of nitrogens with zero attached hydrogens (tertiary/aromatic N) is 3. The van der Waals surface area contributed by atoms with Gasteiger partial charge in [0.2, 0.25) is 0 Å². The summed E-state index contributed by atoms with van der Waals surface area (Å²) in [4.78, 5) is 18.0. The Morgan fingerprint density at radius 3 is 2.43 bits per heavy atom. The molecule has 0 aromatic heterocycles. The third-order valence-electron chi connectivity index (χ3n) is 6.48. The van der Waals surface area contributed by atoms with Crippen molar-refractivity contribution in [2.45, 2.75) is 33.2 Å². The fourth-order valence-corrected chi connectivity index (χ4v) is 4.32. The molecule has 0 unspecified atom stereocenters. The average molecular weight is 513 g/mol. The molecular weight excluding hydrogens is 475 g/mol. The van der Waals surface area contributed by atoms with Crippen molar-refractivity contribution in [3.63, 3.8) is 0 Å². The van der Waals surface area contributed by atoms with E-state index in [9.17, 15) is 9.90 Å². The maximum absolute atomic E-state index is 15.6. The van der Waals surface area contributed by atoms with E-state index in [2.05, 4.69) is 22.2 Å². The van der Waals surface area contributed by atoms with Crippen molar-refractivity contribution in [3.05, 3.63) is 52.8 Å². The van der Waals surface area contributed by atoms with Crippen LogP contribution in [0.5, 0.6) is 11.5 Å². The minimum atomic E-state index is -0.759. The van der Waals surface area contributed by atoms with Crippen molar-refractivity contribution in [3.8, 4) is 11.5 Å². The van der Waals surface area contributed by atoms with Crippen molar-refractivity contribution in [2.24, 2.45) is 0 Å². The highest BCUT2D eigenvalue weighted by Gasteiger charge is 2.29. The first kappa shape index (κ1) is 28.1. The molecule has 0 bridgehead atoms. The van der Waals surface area contributed by atoms with Gasteiger partial charge in [0.05, 0.1) is 18.4 Å². The molecule has 4 N–H and O–H groups in total. The smallest absolute Gasteiger partial charge is 0.287 e. The summed E-state index contributed by atoms with van der Waals surface area (Å²) in [6.45, 7) is 10.1. The Kier molecular flexibility index (Phi) is 9.23. The summed E-state index contributed by atoms with van der Waals surface area (Å²) in [7, 11) is 3.56. The Morgan fingerprint density at radius 2 is 1.86 bits per heavy atom. The van der Waals surface area contributed by atoms with Crippen LogP contribution in [0.1, 0.15) is 43.4 Å². The van der Waals surface area contributed by atoms with Crippen molar-refractivity contribution < 1.29 is 19.0 Å². The average Bonchev–Trinajstić information content (AvgIpc) is 2.86. The number of anilines is 1. The highest BCUT2D eigenvalue weighted by Crippen LogP contribution is 2.35. The summed E-state index contributed by atoms with van der Waals surface area (Å²) >= 11 is 0. The number of rotatable bonds is 7. The van der Waals surface area contributed by atoms with E-state index in [4.69, 9.17) is 15.6 Å². The molecule has 1 aliphatic heterocycles. The molecule has 0 radical (unpaired) electrons. The number of piperazine rings is 1. The number of phenolic OH excluding ortho intramolecular Hbond substituents is 1. The van der Waals surface area contributed by atoms with E-state index in [0.29, 0.717) is 12.3 Å². The summed E-state index contributed by atoms with van der Waals surface area (Å²) in [5.74, 6) is -2.26. The number of ether oxygens (including phenoxy) is 1. The number of amides is 1. The lowest BCUT2D eigenvalue weighted by atomic mass is 9.97. The normalized spacial score (nSPS) is 14.5. The third kappa shape index (κ3) is 6.44. The van der Waals surface area contributed by atoms with Crippen LogP contribution in [-0.4, -0.2) is 79.4 Å². The zero-order valence-electron chi connectivity index (χ0n) is 22.2. The van der Waals surface area contributed by atoms with E-state index in [1.807, 2.05) is 13.8 Å².